The van der Waals surface area contributed by atoms with Crippen LogP contribution in [-0.2, 0) is 10.3 Å². The molecule has 0 saturated carbocycles. The first kappa shape index (κ1) is 18.4. The van der Waals surface area contributed by atoms with E-state index in [0.29, 0.717) is 22.4 Å². The Morgan fingerprint density at radius 2 is 1.57 bits per heavy atom. The predicted octanol–water partition coefficient (Wildman–Crippen LogP) is 3.75. The minimum atomic E-state index is -1.46. The second kappa shape index (κ2) is 6.74. The number of rotatable bonds is 3. The summed E-state index contributed by atoms with van der Waals surface area (Å²) in [6.45, 7) is 0. The molecule has 1 saturated heterocycles. The van der Waals surface area contributed by atoms with E-state index < -0.39 is 35.3 Å². The molecule has 2 heterocycles. The van der Waals surface area contributed by atoms with Crippen LogP contribution in [0.2, 0.25) is 0 Å². The molecule has 2 N–H and O–H groups in total. The van der Waals surface area contributed by atoms with Crippen LogP contribution in [-0.4, -0.2) is 16.9 Å². The van der Waals surface area contributed by atoms with Crippen molar-refractivity contribution in [1.82, 2.24) is 5.32 Å². The number of nitrogens with one attached hydrogen (secondary N) is 2. The van der Waals surface area contributed by atoms with Gasteiger partial charge in [-0.2, -0.15) is 0 Å². The number of hydrogen-bond donors (Lipinski definition) is 2. The van der Waals surface area contributed by atoms with Crippen LogP contribution in [0, 0.1) is 15.9 Å². The predicted molar refractivity (Wildman–Crippen MR) is 109 cm³/mol. The van der Waals surface area contributed by atoms with Crippen molar-refractivity contribution in [3.63, 3.8) is 0 Å². The smallest absolute Gasteiger partial charge is 0.250 e. The summed E-state index contributed by atoms with van der Waals surface area (Å²) in [7, 11) is 0. The number of nitrogens with zero attached hydrogens (tertiary/aromatic N) is 1. The SMILES string of the molecule is O=C1Nc2ccc(F)cc2[C@]12N[C@H](c1ccccc1)[C@H]([N+](=O)[O-])[C@H]2c1ccccc1. The van der Waals surface area contributed by atoms with E-state index >= 15 is 0 Å². The minimum Gasteiger partial charge on any atom is -0.324 e. The summed E-state index contributed by atoms with van der Waals surface area (Å²) in [5.74, 6) is -1.75. The van der Waals surface area contributed by atoms with Crippen molar-refractivity contribution >= 4 is 11.6 Å². The fourth-order valence-electron chi connectivity index (χ4n) is 4.91. The number of amides is 1. The average Bonchev–Trinajstić information content (AvgIpc) is 3.26. The van der Waals surface area contributed by atoms with Gasteiger partial charge in [0, 0.05) is 16.2 Å². The summed E-state index contributed by atoms with van der Waals surface area (Å²) < 4.78 is 14.2. The van der Waals surface area contributed by atoms with E-state index in [4.69, 9.17) is 0 Å². The Morgan fingerprint density at radius 1 is 0.933 bits per heavy atom. The molecular formula is C23H18FN3O3. The third-order valence-corrected chi connectivity index (χ3v) is 6.11. The van der Waals surface area contributed by atoms with Crippen molar-refractivity contribution in [3.05, 3.63) is 111 Å². The molecule has 0 unspecified atom stereocenters. The van der Waals surface area contributed by atoms with Crippen LogP contribution in [0.3, 0.4) is 0 Å². The molecule has 1 fully saturated rings. The van der Waals surface area contributed by atoms with Gasteiger partial charge < -0.3 is 5.32 Å². The zero-order chi connectivity index (χ0) is 20.9. The van der Waals surface area contributed by atoms with Crippen molar-refractivity contribution in [2.45, 2.75) is 23.5 Å². The number of benzene rings is 3. The largest absolute Gasteiger partial charge is 0.324 e. The summed E-state index contributed by atoms with van der Waals surface area (Å²) in [6, 6.07) is 20.2. The number of halogens is 1. The molecule has 6 nitrogen and oxygen atoms in total. The van der Waals surface area contributed by atoms with E-state index in [2.05, 4.69) is 10.6 Å². The number of carbonyl (C=O) groups is 1. The molecule has 3 aromatic rings. The molecule has 150 valence electrons. The minimum absolute atomic E-state index is 0.332. The van der Waals surface area contributed by atoms with Gasteiger partial charge in [0.15, 0.2) is 0 Å². The van der Waals surface area contributed by atoms with E-state index in [9.17, 15) is 19.3 Å². The Morgan fingerprint density at radius 3 is 2.20 bits per heavy atom. The fourth-order valence-corrected chi connectivity index (χ4v) is 4.91. The normalized spacial score (nSPS) is 27.1. The van der Waals surface area contributed by atoms with E-state index in [1.807, 2.05) is 12.1 Å². The second-order valence-corrected chi connectivity index (χ2v) is 7.65. The second-order valence-electron chi connectivity index (χ2n) is 7.65. The van der Waals surface area contributed by atoms with Gasteiger partial charge in [-0.1, -0.05) is 60.7 Å². The summed E-state index contributed by atoms with van der Waals surface area (Å²) in [5.41, 5.74) is 0.751. The Balaban J connectivity index is 1.79. The zero-order valence-corrected chi connectivity index (χ0v) is 15.8. The van der Waals surface area contributed by atoms with Gasteiger partial charge in [-0.3, -0.25) is 20.2 Å². The van der Waals surface area contributed by atoms with Crippen molar-refractivity contribution in [2.75, 3.05) is 5.32 Å². The van der Waals surface area contributed by atoms with Crippen LogP contribution in [0.5, 0.6) is 0 Å². The van der Waals surface area contributed by atoms with Gasteiger partial charge in [0.25, 0.3) is 0 Å². The van der Waals surface area contributed by atoms with Crippen LogP contribution >= 0.6 is 0 Å². The molecule has 2 aliphatic rings. The highest BCUT2D eigenvalue weighted by Gasteiger charge is 2.66. The van der Waals surface area contributed by atoms with E-state index in [0.717, 1.165) is 0 Å². The average molecular weight is 403 g/mol. The molecule has 5 rings (SSSR count). The molecule has 1 spiro atoms. The van der Waals surface area contributed by atoms with Gasteiger partial charge in [0.2, 0.25) is 11.9 Å². The monoisotopic (exact) mass is 403 g/mol. The highest BCUT2D eigenvalue weighted by molar-refractivity contribution is 6.07. The standard InChI is InChI=1S/C23H18FN3O3/c24-16-11-12-18-17(13-16)23(22(28)25-18)19(14-7-3-1-4-8-14)21(27(29)30)20(26-23)15-9-5-2-6-10-15/h1-13,19-21,26H,(H,25,28)/t19-,20-,21-,23-/m1/s1. The Bertz CT molecular complexity index is 1140. The van der Waals surface area contributed by atoms with Crippen LogP contribution in [0.25, 0.3) is 0 Å². The lowest BCUT2D eigenvalue weighted by molar-refractivity contribution is -0.527. The lowest BCUT2D eigenvalue weighted by Gasteiger charge is -2.29. The molecular weight excluding hydrogens is 385 g/mol. The molecule has 0 radical (unpaired) electrons. The third-order valence-electron chi connectivity index (χ3n) is 6.11. The van der Waals surface area contributed by atoms with Crippen molar-refractivity contribution in [3.8, 4) is 0 Å². The lowest BCUT2D eigenvalue weighted by atomic mass is 9.74. The molecule has 30 heavy (non-hydrogen) atoms. The van der Waals surface area contributed by atoms with Crippen LogP contribution in [0.15, 0.2) is 78.9 Å². The van der Waals surface area contributed by atoms with Crippen molar-refractivity contribution in [2.24, 2.45) is 0 Å². The molecule has 1 amide bonds. The Labute approximate surface area is 171 Å². The van der Waals surface area contributed by atoms with E-state index in [1.165, 1.54) is 18.2 Å². The van der Waals surface area contributed by atoms with E-state index in [1.54, 1.807) is 48.5 Å². The topological polar surface area (TPSA) is 84.3 Å². The summed E-state index contributed by atoms with van der Waals surface area (Å²) in [5, 5.41) is 18.4. The van der Waals surface area contributed by atoms with Gasteiger partial charge in [0.05, 0.1) is 5.92 Å². The highest BCUT2D eigenvalue weighted by Crippen LogP contribution is 2.55. The van der Waals surface area contributed by atoms with Crippen molar-refractivity contribution in [1.29, 1.82) is 0 Å². The molecule has 0 bridgehead atoms. The number of anilines is 1. The Hall–Kier alpha value is -3.58. The van der Waals surface area contributed by atoms with Gasteiger partial charge in [-0.25, -0.2) is 4.39 Å². The first-order valence-electron chi connectivity index (χ1n) is 9.65. The molecule has 2 aliphatic heterocycles. The molecule has 3 aromatic carbocycles. The fraction of sp³-hybridized carbons (Fsp3) is 0.174. The molecule has 0 aliphatic carbocycles. The maximum absolute atomic E-state index is 14.2. The number of nitro groups is 1. The Kier molecular flexibility index (Phi) is 4.15. The van der Waals surface area contributed by atoms with Crippen LogP contribution < -0.4 is 10.6 Å². The van der Waals surface area contributed by atoms with Gasteiger partial charge in [-0.05, 0) is 29.3 Å². The summed E-state index contributed by atoms with van der Waals surface area (Å²) in [4.78, 5) is 25.4. The lowest BCUT2D eigenvalue weighted by Crippen LogP contribution is -2.48. The summed E-state index contributed by atoms with van der Waals surface area (Å²) >= 11 is 0. The van der Waals surface area contributed by atoms with Gasteiger partial charge >= 0.3 is 0 Å². The number of hydrogen-bond acceptors (Lipinski definition) is 4. The number of fused-ring (bicyclic) bond motifs is 2. The van der Waals surface area contributed by atoms with Gasteiger partial charge in [0.1, 0.15) is 17.4 Å². The quantitative estimate of drug-likeness (QED) is 0.515. The van der Waals surface area contributed by atoms with E-state index in [-0.39, 0.29) is 4.92 Å². The van der Waals surface area contributed by atoms with Gasteiger partial charge in [-0.15, -0.1) is 0 Å². The maximum Gasteiger partial charge on any atom is 0.250 e. The maximum atomic E-state index is 14.2. The first-order valence-corrected chi connectivity index (χ1v) is 9.65. The van der Waals surface area contributed by atoms with Crippen LogP contribution in [0.4, 0.5) is 10.1 Å². The first-order chi connectivity index (χ1) is 14.5. The summed E-state index contributed by atoms with van der Waals surface area (Å²) in [6.07, 6.45) is 0. The molecule has 7 heteroatoms. The third kappa shape index (κ3) is 2.55. The zero-order valence-electron chi connectivity index (χ0n) is 15.8. The molecule has 0 aromatic heterocycles. The van der Waals surface area contributed by atoms with Crippen LogP contribution in [0.1, 0.15) is 28.7 Å². The van der Waals surface area contributed by atoms with Crippen molar-refractivity contribution < 1.29 is 14.1 Å². The molecule has 4 atom stereocenters. The number of carbonyl (C=O) groups excluding carboxylic acids is 1. The highest BCUT2D eigenvalue weighted by atomic mass is 19.1.